The first kappa shape index (κ1) is 22.8. The molecule has 5 N–H and O–H groups in total. The second-order valence-corrected chi connectivity index (χ2v) is 8.68. The largest absolute Gasteiger partial charge is 0.472 e. The van der Waals surface area contributed by atoms with E-state index < -0.39 is 20.7 Å². The minimum absolute atomic E-state index is 0.216. The van der Waals surface area contributed by atoms with Crippen LogP contribution in [0.3, 0.4) is 0 Å². The highest BCUT2D eigenvalue weighted by Gasteiger charge is 2.21. The summed E-state index contributed by atoms with van der Waals surface area (Å²) >= 11 is 0. The van der Waals surface area contributed by atoms with Gasteiger partial charge < -0.3 is 19.4 Å². The van der Waals surface area contributed by atoms with Crippen molar-refractivity contribution in [3.05, 3.63) is 101 Å². The number of aliphatic hydroxyl groups is 1. The van der Waals surface area contributed by atoms with Crippen LogP contribution < -0.4 is 10.3 Å². The summed E-state index contributed by atoms with van der Waals surface area (Å²) in [5.41, 5.74) is 9.94. The molecule has 1 unspecified atom stereocenters. The Hall–Kier alpha value is -3.33. The van der Waals surface area contributed by atoms with Crippen molar-refractivity contribution in [2.45, 2.75) is 19.3 Å². The molecule has 2 heterocycles. The third kappa shape index (κ3) is 5.73. The van der Waals surface area contributed by atoms with E-state index in [1.54, 1.807) is 18.2 Å². The molecule has 170 valence electrons. The Balaban J connectivity index is 1.47. The monoisotopic (exact) mass is 468 g/mol. The number of nitrogens with two attached hydrogens (primary N) is 1. The molecule has 0 aliphatic rings. The summed E-state index contributed by atoms with van der Waals surface area (Å²) < 4.78 is 22.3. The van der Waals surface area contributed by atoms with Crippen molar-refractivity contribution < 1.29 is 33.1 Å². The molecule has 2 aromatic heterocycles. The second-order valence-electron chi connectivity index (χ2n) is 7.44. The molecular weight excluding hydrogens is 445 g/mol. The first-order chi connectivity index (χ1) is 15.8. The summed E-state index contributed by atoms with van der Waals surface area (Å²) in [7, 11) is -4.63. The molecule has 0 bridgehead atoms. The molecule has 0 saturated heterocycles. The smallest absolute Gasteiger partial charge is 0.384 e. The highest BCUT2D eigenvalue weighted by Crippen LogP contribution is 2.35. The fourth-order valence-electron chi connectivity index (χ4n) is 3.40. The van der Waals surface area contributed by atoms with E-state index in [-0.39, 0.29) is 5.82 Å². The molecule has 0 radical (unpaired) electrons. The Morgan fingerprint density at radius 3 is 2.42 bits per heavy atom. The van der Waals surface area contributed by atoms with Gasteiger partial charge in [0.05, 0.1) is 11.9 Å². The summed E-state index contributed by atoms with van der Waals surface area (Å²) in [6, 6.07) is 22.2. The standard InChI is InChI=1S/C23H22N3O6P/c24-23-20(7-4-12-26(23)15-31-33(28,29)30)21-14-19(25-32-21)13-16-8-10-18(11-9-16)22(27)17-5-2-1-3-6-17/h1-12,14,22,24,27H,13,15H2,(H2,28,29,30)/p+1. The lowest BCUT2D eigenvalue weighted by atomic mass is 9.99. The number of benzene rings is 2. The first-order valence-electron chi connectivity index (χ1n) is 10.1. The number of phosphoric acid groups is 1. The van der Waals surface area contributed by atoms with Gasteiger partial charge in [0.2, 0.25) is 6.73 Å². The summed E-state index contributed by atoms with van der Waals surface area (Å²) in [5, 5.41) is 14.6. The number of rotatable bonds is 8. The van der Waals surface area contributed by atoms with E-state index in [0.717, 1.165) is 16.7 Å². The van der Waals surface area contributed by atoms with Crippen LogP contribution in [0.25, 0.3) is 11.3 Å². The maximum absolute atomic E-state index is 11.0. The van der Waals surface area contributed by atoms with Gasteiger partial charge in [0.1, 0.15) is 11.7 Å². The van der Waals surface area contributed by atoms with Crippen molar-refractivity contribution in [2.24, 2.45) is 0 Å². The first-order valence-corrected chi connectivity index (χ1v) is 11.6. The number of nitrogen functional groups attached to an aromatic ring is 1. The Morgan fingerprint density at radius 1 is 1.03 bits per heavy atom. The number of aromatic nitrogens is 2. The van der Waals surface area contributed by atoms with Gasteiger partial charge in [-0.05, 0) is 28.8 Å². The number of pyridine rings is 1. The highest BCUT2D eigenvalue weighted by atomic mass is 31.2. The van der Waals surface area contributed by atoms with Crippen molar-refractivity contribution in [1.82, 2.24) is 5.16 Å². The molecule has 0 amide bonds. The van der Waals surface area contributed by atoms with Gasteiger partial charge in [-0.2, -0.15) is 0 Å². The van der Waals surface area contributed by atoms with Gasteiger partial charge in [-0.3, -0.25) is 5.73 Å². The molecule has 0 fully saturated rings. The predicted molar refractivity (Wildman–Crippen MR) is 119 cm³/mol. The van der Waals surface area contributed by atoms with Gasteiger partial charge in [0.25, 0.3) is 5.82 Å². The van der Waals surface area contributed by atoms with Crippen LogP contribution in [0.1, 0.15) is 28.5 Å². The number of anilines is 1. The summed E-state index contributed by atoms with van der Waals surface area (Å²) in [6.07, 6.45) is 1.36. The van der Waals surface area contributed by atoms with Crippen molar-refractivity contribution in [1.29, 1.82) is 0 Å². The molecule has 1 atom stereocenters. The van der Waals surface area contributed by atoms with Gasteiger partial charge in [0.15, 0.2) is 5.76 Å². The Morgan fingerprint density at radius 2 is 1.73 bits per heavy atom. The topological polar surface area (TPSA) is 143 Å². The van der Waals surface area contributed by atoms with Crippen LogP contribution in [-0.2, 0) is 22.2 Å². The van der Waals surface area contributed by atoms with E-state index in [2.05, 4.69) is 9.68 Å². The highest BCUT2D eigenvalue weighted by molar-refractivity contribution is 7.46. The van der Waals surface area contributed by atoms with E-state index >= 15 is 0 Å². The lowest BCUT2D eigenvalue weighted by Gasteiger charge is -2.11. The molecule has 9 nitrogen and oxygen atoms in total. The average Bonchev–Trinajstić information content (AvgIpc) is 3.26. The fraction of sp³-hybridized carbons (Fsp3) is 0.130. The van der Waals surface area contributed by atoms with E-state index in [1.807, 2.05) is 54.6 Å². The van der Waals surface area contributed by atoms with Gasteiger partial charge in [-0.1, -0.05) is 59.8 Å². The molecule has 4 aromatic rings. The fourth-order valence-corrected chi connectivity index (χ4v) is 3.67. The van der Waals surface area contributed by atoms with Crippen molar-refractivity contribution in [3.63, 3.8) is 0 Å². The number of phosphoric ester groups is 1. The van der Waals surface area contributed by atoms with Crippen LogP contribution in [0, 0.1) is 0 Å². The molecule has 0 saturated carbocycles. The van der Waals surface area contributed by atoms with E-state index in [0.29, 0.717) is 23.4 Å². The van der Waals surface area contributed by atoms with Crippen molar-refractivity contribution in [3.8, 4) is 11.3 Å². The SMILES string of the molecule is Nc1c(-c2cc(Cc3ccc(C(O)c4ccccc4)cc3)no2)ccc[n+]1COP(=O)(O)O. The van der Waals surface area contributed by atoms with E-state index in [4.69, 9.17) is 20.0 Å². The lowest BCUT2D eigenvalue weighted by Crippen LogP contribution is -2.38. The minimum Gasteiger partial charge on any atom is -0.384 e. The molecule has 33 heavy (non-hydrogen) atoms. The van der Waals surface area contributed by atoms with Crippen LogP contribution in [0.5, 0.6) is 0 Å². The van der Waals surface area contributed by atoms with E-state index in [9.17, 15) is 9.67 Å². The third-order valence-electron chi connectivity index (χ3n) is 5.10. The maximum atomic E-state index is 11.0. The zero-order valence-electron chi connectivity index (χ0n) is 17.5. The number of nitrogens with zero attached hydrogens (tertiary/aromatic N) is 2. The zero-order valence-corrected chi connectivity index (χ0v) is 18.4. The van der Waals surface area contributed by atoms with Crippen LogP contribution in [0.4, 0.5) is 5.82 Å². The van der Waals surface area contributed by atoms with E-state index in [1.165, 1.54) is 10.8 Å². The average molecular weight is 468 g/mol. The van der Waals surface area contributed by atoms with Crippen molar-refractivity contribution in [2.75, 3.05) is 5.73 Å². The van der Waals surface area contributed by atoms with Gasteiger partial charge in [-0.25, -0.2) is 13.7 Å². The van der Waals surface area contributed by atoms with Crippen molar-refractivity contribution >= 4 is 13.6 Å². The molecule has 0 spiro atoms. The molecule has 10 heteroatoms. The molecular formula is C23H23N3O6P+. The van der Waals surface area contributed by atoms with Gasteiger partial charge in [0, 0.05) is 12.5 Å². The normalized spacial score (nSPS) is 12.6. The Labute approximate surface area is 189 Å². The second kappa shape index (κ2) is 9.66. The number of aliphatic hydroxyl groups excluding tert-OH is 1. The van der Waals surface area contributed by atoms with Crippen LogP contribution in [0.15, 0.2) is 83.5 Å². The predicted octanol–water partition coefficient (Wildman–Crippen LogP) is 2.95. The Kier molecular flexibility index (Phi) is 6.69. The van der Waals surface area contributed by atoms with Gasteiger partial charge >= 0.3 is 7.82 Å². The van der Waals surface area contributed by atoms with Crippen LogP contribution in [0.2, 0.25) is 0 Å². The summed E-state index contributed by atoms with van der Waals surface area (Å²) in [4.78, 5) is 17.8. The zero-order chi connectivity index (χ0) is 23.4. The quantitative estimate of drug-likeness (QED) is 0.228. The van der Waals surface area contributed by atoms with Crippen LogP contribution >= 0.6 is 7.82 Å². The summed E-state index contributed by atoms with van der Waals surface area (Å²) in [5.74, 6) is 0.636. The van der Waals surface area contributed by atoms with Crippen LogP contribution in [-0.4, -0.2) is 20.1 Å². The minimum atomic E-state index is -4.63. The summed E-state index contributed by atoms with van der Waals surface area (Å²) in [6.45, 7) is -0.411. The maximum Gasteiger partial charge on any atom is 0.472 e. The lowest BCUT2D eigenvalue weighted by molar-refractivity contribution is -0.711. The number of hydrogen-bond acceptors (Lipinski definition) is 6. The molecule has 0 aliphatic carbocycles. The Bertz CT molecular complexity index is 1270. The van der Waals surface area contributed by atoms with Gasteiger partial charge in [-0.15, -0.1) is 0 Å². The third-order valence-corrected chi connectivity index (χ3v) is 5.55. The molecule has 2 aromatic carbocycles. The number of hydrogen-bond donors (Lipinski definition) is 4. The molecule has 0 aliphatic heterocycles. The molecule has 4 rings (SSSR count).